The summed E-state index contributed by atoms with van der Waals surface area (Å²) < 4.78 is 2.19. The number of imidazole rings is 1. The number of rotatable bonds is 7. The molecule has 0 saturated heterocycles. The minimum Gasteiger partial charge on any atom is -0.508 e. The summed E-state index contributed by atoms with van der Waals surface area (Å²) in [6.45, 7) is 7.38. The molecular formula is C17H25N3O. The minimum atomic E-state index is 0.326. The Kier molecular flexibility index (Phi) is 5.39. The van der Waals surface area contributed by atoms with E-state index >= 15 is 0 Å². The molecule has 1 heterocycles. The molecule has 1 atom stereocenters. The number of aromatic nitrogens is 2. The third kappa shape index (κ3) is 4.60. The maximum absolute atomic E-state index is 9.27. The van der Waals surface area contributed by atoms with Gasteiger partial charge in [0.25, 0.3) is 0 Å². The zero-order valence-corrected chi connectivity index (χ0v) is 13.1. The van der Waals surface area contributed by atoms with E-state index < -0.39 is 0 Å². The first-order chi connectivity index (χ1) is 10.1. The van der Waals surface area contributed by atoms with Gasteiger partial charge in [0.2, 0.25) is 0 Å². The van der Waals surface area contributed by atoms with Crippen LogP contribution in [0.15, 0.2) is 36.8 Å². The Hall–Kier alpha value is -1.81. The second-order valence-corrected chi connectivity index (χ2v) is 5.87. The van der Waals surface area contributed by atoms with Crippen LogP contribution in [0.4, 0.5) is 0 Å². The first-order valence-corrected chi connectivity index (χ1v) is 7.58. The Labute approximate surface area is 126 Å². The molecule has 0 bridgehead atoms. The molecule has 1 aromatic carbocycles. The molecule has 114 valence electrons. The molecule has 2 aromatic rings. The number of aromatic hydroxyl groups is 1. The van der Waals surface area contributed by atoms with Crippen LogP contribution < -0.4 is 5.32 Å². The fourth-order valence-corrected chi connectivity index (χ4v) is 2.36. The highest BCUT2D eigenvalue weighted by atomic mass is 16.3. The number of nitrogens with zero attached hydrogens (tertiary/aromatic N) is 2. The first kappa shape index (κ1) is 15.6. The number of hydrogen-bond acceptors (Lipinski definition) is 3. The molecule has 0 aliphatic carbocycles. The van der Waals surface area contributed by atoms with Crippen LogP contribution in [0.3, 0.4) is 0 Å². The van der Waals surface area contributed by atoms with Gasteiger partial charge in [-0.1, -0.05) is 12.1 Å². The molecule has 4 nitrogen and oxygen atoms in total. The second kappa shape index (κ2) is 7.27. The zero-order valence-electron chi connectivity index (χ0n) is 13.1. The van der Waals surface area contributed by atoms with Crippen molar-refractivity contribution in [2.75, 3.05) is 0 Å². The normalized spacial score (nSPS) is 12.8. The monoisotopic (exact) mass is 287 g/mol. The van der Waals surface area contributed by atoms with Gasteiger partial charge in [-0.05, 0) is 51.3 Å². The molecule has 1 unspecified atom stereocenters. The topological polar surface area (TPSA) is 50.1 Å². The summed E-state index contributed by atoms with van der Waals surface area (Å²) >= 11 is 0. The predicted molar refractivity (Wildman–Crippen MR) is 85.3 cm³/mol. The Morgan fingerprint density at radius 2 is 1.90 bits per heavy atom. The highest BCUT2D eigenvalue weighted by Crippen LogP contribution is 2.12. The van der Waals surface area contributed by atoms with Gasteiger partial charge in [-0.15, -0.1) is 0 Å². The molecule has 0 aliphatic heterocycles. The van der Waals surface area contributed by atoms with Crippen LogP contribution in [0.25, 0.3) is 0 Å². The minimum absolute atomic E-state index is 0.326. The van der Waals surface area contributed by atoms with E-state index in [-0.39, 0.29) is 0 Å². The van der Waals surface area contributed by atoms with Crippen LogP contribution >= 0.6 is 0 Å². The van der Waals surface area contributed by atoms with E-state index in [0.29, 0.717) is 17.8 Å². The highest BCUT2D eigenvalue weighted by Gasteiger charge is 2.07. The van der Waals surface area contributed by atoms with Crippen LogP contribution in [0.1, 0.15) is 44.5 Å². The molecule has 0 spiro atoms. The number of hydrogen-bond donors (Lipinski definition) is 2. The molecule has 0 aliphatic rings. The van der Waals surface area contributed by atoms with E-state index in [1.54, 1.807) is 12.1 Å². The Bertz CT molecular complexity index is 545. The molecular weight excluding hydrogens is 262 g/mol. The van der Waals surface area contributed by atoms with Crippen molar-refractivity contribution >= 4 is 0 Å². The molecule has 2 N–H and O–H groups in total. The van der Waals surface area contributed by atoms with E-state index in [9.17, 15) is 5.11 Å². The lowest BCUT2D eigenvalue weighted by Crippen LogP contribution is -2.27. The zero-order chi connectivity index (χ0) is 15.2. The third-order valence-electron chi connectivity index (χ3n) is 3.74. The molecule has 0 radical (unpaired) electrons. The van der Waals surface area contributed by atoms with Gasteiger partial charge in [0.15, 0.2) is 0 Å². The van der Waals surface area contributed by atoms with E-state index in [4.69, 9.17) is 0 Å². The molecule has 4 heteroatoms. The van der Waals surface area contributed by atoms with Crippen LogP contribution in [0.2, 0.25) is 0 Å². The van der Waals surface area contributed by atoms with Gasteiger partial charge in [-0.2, -0.15) is 0 Å². The van der Waals surface area contributed by atoms with Crippen molar-refractivity contribution in [1.82, 2.24) is 14.9 Å². The second-order valence-electron chi connectivity index (χ2n) is 5.87. The summed E-state index contributed by atoms with van der Waals surface area (Å²) in [5.74, 6) is 0.326. The van der Waals surface area contributed by atoms with E-state index in [0.717, 1.165) is 19.4 Å². The largest absolute Gasteiger partial charge is 0.508 e. The summed E-state index contributed by atoms with van der Waals surface area (Å²) in [6, 6.07) is 8.33. The number of benzene rings is 1. The van der Waals surface area contributed by atoms with Crippen molar-refractivity contribution in [2.45, 2.75) is 52.2 Å². The van der Waals surface area contributed by atoms with Gasteiger partial charge in [0.1, 0.15) is 5.75 Å². The summed E-state index contributed by atoms with van der Waals surface area (Å²) in [6.07, 6.45) is 5.90. The summed E-state index contributed by atoms with van der Waals surface area (Å²) in [4.78, 5) is 4.22. The van der Waals surface area contributed by atoms with Crippen molar-refractivity contribution in [1.29, 1.82) is 0 Å². The van der Waals surface area contributed by atoms with Gasteiger partial charge in [0, 0.05) is 24.8 Å². The quantitative estimate of drug-likeness (QED) is 0.821. The summed E-state index contributed by atoms with van der Waals surface area (Å²) in [5, 5.41) is 12.8. The smallest absolute Gasteiger partial charge is 0.115 e. The van der Waals surface area contributed by atoms with Gasteiger partial charge in [-0.3, -0.25) is 0 Å². The van der Waals surface area contributed by atoms with Crippen molar-refractivity contribution < 1.29 is 5.11 Å². The summed E-state index contributed by atoms with van der Waals surface area (Å²) in [5.41, 5.74) is 2.48. The lowest BCUT2D eigenvalue weighted by atomic mass is 10.1. The third-order valence-corrected chi connectivity index (χ3v) is 3.74. The van der Waals surface area contributed by atoms with Crippen LogP contribution in [-0.4, -0.2) is 20.7 Å². The summed E-state index contributed by atoms with van der Waals surface area (Å²) in [7, 11) is 0. The lowest BCUT2D eigenvalue weighted by molar-refractivity contribution is 0.474. The Balaban J connectivity index is 1.78. The van der Waals surface area contributed by atoms with Crippen LogP contribution in [0.5, 0.6) is 5.75 Å². The van der Waals surface area contributed by atoms with Gasteiger partial charge in [0.05, 0.1) is 12.0 Å². The maximum Gasteiger partial charge on any atom is 0.115 e. The van der Waals surface area contributed by atoms with Crippen molar-refractivity contribution in [2.24, 2.45) is 0 Å². The van der Waals surface area contributed by atoms with Gasteiger partial charge >= 0.3 is 0 Å². The lowest BCUT2D eigenvalue weighted by Gasteiger charge is -2.16. The maximum atomic E-state index is 9.27. The highest BCUT2D eigenvalue weighted by molar-refractivity contribution is 5.25. The van der Waals surface area contributed by atoms with Gasteiger partial charge in [-0.25, -0.2) is 4.98 Å². The van der Waals surface area contributed by atoms with E-state index in [1.807, 2.05) is 24.7 Å². The molecule has 0 saturated carbocycles. The van der Waals surface area contributed by atoms with E-state index in [2.05, 4.69) is 35.6 Å². The van der Waals surface area contributed by atoms with Crippen LogP contribution in [-0.2, 0) is 13.0 Å². The Morgan fingerprint density at radius 1 is 1.19 bits per heavy atom. The number of nitrogens with one attached hydrogen (secondary N) is 1. The van der Waals surface area contributed by atoms with Gasteiger partial charge < -0.3 is 15.0 Å². The van der Waals surface area contributed by atoms with Crippen molar-refractivity contribution in [3.8, 4) is 5.75 Å². The standard InChI is InChI=1S/C17H25N3O/c1-13(2)20-12-18-10-16(20)11-19-14(3)4-5-15-6-8-17(21)9-7-15/h6-10,12-14,19,21H,4-5,11H2,1-3H3. The number of phenolic OH excluding ortho intramolecular Hbond substituents is 1. The number of phenols is 1. The van der Waals surface area contributed by atoms with E-state index in [1.165, 1.54) is 11.3 Å². The molecule has 0 fully saturated rings. The molecule has 1 aromatic heterocycles. The number of aryl methyl sites for hydroxylation is 1. The molecule has 21 heavy (non-hydrogen) atoms. The SMILES string of the molecule is CC(CCc1ccc(O)cc1)NCc1cncn1C(C)C. The molecule has 2 rings (SSSR count). The van der Waals surface area contributed by atoms with Crippen molar-refractivity contribution in [3.63, 3.8) is 0 Å². The Morgan fingerprint density at radius 3 is 2.57 bits per heavy atom. The predicted octanol–water partition coefficient (Wildman–Crippen LogP) is 3.28. The average molecular weight is 287 g/mol. The fraction of sp³-hybridized carbons (Fsp3) is 0.471. The fourth-order valence-electron chi connectivity index (χ4n) is 2.36. The average Bonchev–Trinajstić information content (AvgIpc) is 2.93. The van der Waals surface area contributed by atoms with Crippen LogP contribution in [0, 0.1) is 0 Å². The van der Waals surface area contributed by atoms with Crippen molar-refractivity contribution in [3.05, 3.63) is 48.0 Å². The first-order valence-electron chi connectivity index (χ1n) is 7.58. The molecule has 0 amide bonds.